The molecule has 0 bridgehead atoms. The van der Waals surface area contributed by atoms with Crippen molar-refractivity contribution in [2.24, 2.45) is 5.14 Å². The van der Waals surface area contributed by atoms with Gasteiger partial charge in [-0.2, -0.15) is 0 Å². The fourth-order valence-electron chi connectivity index (χ4n) is 2.40. The molecule has 0 saturated carbocycles. The lowest BCUT2D eigenvalue weighted by molar-refractivity contribution is 0.0935. The average Bonchev–Trinajstić information content (AvgIpc) is 2.73. The number of carbonyl (C=O) groups is 1. The van der Waals surface area contributed by atoms with Crippen molar-refractivity contribution in [3.63, 3.8) is 0 Å². The van der Waals surface area contributed by atoms with Gasteiger partial charge in [0.15, 0.2) is 0 Å². The van der Waals surface area contributed by atoms with Gasteiger partial charge in [0, 0.05) is 5.02 Å². The van der Waals surface area contributed by atoms with E-state index in [1.54, 1.807) is 25.1 Å². The molecule has 3 N–H and O–H groups in total. The molecule has 2 aromatic rings. The van der Waals surface area contributed by atoms with Gasteiger partial charge in [-0.15, -0.1) is 0 Å². The summed E-state index contributed by atoms with van der Waals surface area (Å²) >= 11 is 5.93. The Hall–Kier alpha value is -1.83. The van der Waals surface area contributed by atoms with Gasteiger partial charge in [-0.25, -0.2) is 13.6 Å². The summed E-state index contributed by atoms with van der Waals surface area (Å²) in [7, 11) is -4.07. The van der Waals surface area contributed by atoms with Crippen molar-refractivity contribution in [3.8, 4) is 0 Å². The van der Waals surface area contributed by atoms with Crippen molar-refractivity contribution in [2.45, 2.75) is 31.7 Å². The van der Waals surface area contributed by atoms with E-state index in [4.69, 9.17) is 21.2 Å². The molecule has 8 heteroatoms. The van der Waals surface area contributed by atoms with Crippen LogP contribution in [0.5, 0.6) is 0 Å². The minimum atomic E-state index is -4.07. The predicted molar refractivity (Wildman–Crippen MR) is 86.9 cm³/mol. The Morgan fingerprint density at radius 3 is 2.52 bits per heavy atom. The number of primary sulfonamides is 1. The molecule has 1 aromatic heterocycles. The van der Waals surface area contributed by atoms with Gasteiger partial charge in [0.05, 0.1) is 6.04 Å². The zero-order valence-corrected chi connectivity index (χ0v) is 14.5. The summed E-state index contributed by atoms with van der Waals surface area (Å²) in [6.45, 7) is 4.73. The standard InChI is InChI=1S/C15H17ClN2O4S/c1-8(11-5-4-6-12(16)7-11)18-15(19)13-9(2)22-10(3)14(13)23(17,20)21/h4-8H,1-3H3,(H,18,19)(H2,17,20,21)/t8-/m0/s1. The molecular weight excluding hydrogens is 340 g/mol. The van der Waals surface area contributed by atoms with Gasteiger partial charge < -0.3 is 9.73 Å². The highest BCUT2D eigenvalue weighted by Gasteiger charge is 2.29. The first kappa shape index (κ1) is 17.5. The molecule has 1 aromatic carbocycles. The number of hydrogen-bond donors (Lipinski definition) is 2. The largest absolute Gasteiger partial charge is 0.464 e. The Kier molecular flexibility index (Phi) is 4.84. The number of nitrogens with two attached hydrogens (primary N) is 1. The van der Waals surface area contributed by atoms with Crippen LogP contribution in [0.1, 0.15) is 40.4 Å². The van der Waals surface area contributed by atoms with E-state index >= 15 is 0 Å². The van der Waals surface area contributed by atoms with E-state index in [1.807, 2.05) is 6.07 Å². The summed E-state index contributed by atoms with van der Waals surface area (Å²) in [5.41, 5.74) is 0.722. The highest BCUT2D eigenvalue weighted by atomic mass is 35.5. The summed E-state index contributed by atoms with van der Waals surface area (Å²) in [5.74, 6) is -0.288. The number of furan rings is 1. The number of amides is 1. The van der Waals surface area contributed by atoms with Gasteiger partial charge in [0.2, 0.25) is 10.0 Å². The van der Waals surface area contributed by atoms with Crippen molar-refractivity contribution in [2.75, 3.05) is 0 Å². The zero-order chi connectivity index (χ0) is 17.4. The second-order valence-electron chi connectivity index (χ2n) is 5.21. The Morgan fingerprint density at radius 1 is 1.30 bits per heavy atom. The minimum absolute atomic E-state index is 0.0705. The maximum atomic E-state index is 12.5. The molecule has 1 atom stereocenters. The fourth-order valence-corrected chi connectivity index (χ4v) is 3.56. The lowest BCUT2D eigenvalue weighted by Crippen LogP contribution is -2.29. The Balaban J connectivity index is 2.35. The second-order valence-corrected chi connectivity index (χ2v) is 7.15. The maximum absolute atomic E-state index is 12.5. The molecule has 0 fully saturated rings. The van der Waals surface area contributed by atoms with Crippen LogP contribution >= 0.6 is 11.6 Å². The second kappa shape index (κ2) is 6.35. The molecule has 23 heavy (non-hydrogen) atoms. The van der Waals surface area contributed by atoms with Crippen LogP contribution in [-0.2, 0) is 10.0 Å². The molecule has 0 saturated heterocycles. The average molecular weight is 357 g/mol. The molecule has 0 aliphatic rings. The Morgan fingerprint density at radius 2 is 1.96 bits per heavy atom. The van der Waals surface area contributed by atoms with Crippen LogP contribution in [0.15, 0.2) is 33.6 Å². The molecule has 0 radical (unpaired) electrons. The highest BCUT2D eigenvalue weighted by molar-refractivity contribution is 7.89. The quantitative estimate of drug-likeness (QED) is 0.878. The number of aryl methyl sites for hydroxylation is 2. The van der Waals surface area contributed by atoms with Crippen molar-refractivity contribution >= 4 is 27.5 Å². The number of nitrogens with one attached hydrogen (secondary N) is 1. The lowest BCUT2D eigenvalue weighted by atomic mass is 10.1. The molecule has 124 valence electrons. The first-order valence-electron chi connectivity index (χ1n) is 6.80. The van der Waals surface area contributed by atoms with Gasteiger partial charge in [-0.05, 0) is 38.5 Å². The molecule has 0 spiro atoms. The maximum Gasteiger partial charge on any atom is 0.256 e. The number of halogens is 1. The van der Waals surface area contributed by atoms with E-state index in [2.05, 4.69) is 5.32 Å². The third-order valence-corrected chi connectivity index (χ3v) is 4.71. The van der Waals surface area contributed by atoms with Crippen molar-refractivity contribution in [1.29, 1.82) is 0 Å². The number of carbonyl (C=O) groups excluding carboxylic acids is 1. The van der Waals surface area contributed by atoms with E-state index < -0.39 is 15.9 Å². The molecule has 0 unspecified atom stereocenters. The van der Waals surface area contributed by atoms with Crippen LogP contribution in [0.4, 0.5) is 0 Å². The first-order valence-corrected chi connectivity index (χ1v) is 8.72. The lowest BCUT2D eigenvalue weighted by Gasteiger charge is -2.15. The van der Waals surface area contributed by atoms with Crippen LogP contribution in [0, 0.1) is 13.8 Å². The van der Waals surface area contributed by atoms with Crippen molar-refractivity contribution in [3.05, 3.63) is 51.9 Å². The molecule has 1 heterocycles. The van der Waals surface area contributed by atoms with Gasteiger partial charge >= 0.3 is 0 Å². The highest BCUT2D eigenvalue weighted by Crippen LogP contribution is 2.26. The number of sulfonamides is 1. The van der Waals surface area contributed by atoms with Gasteiger partial charge in [0.25, 0.3) is 5.91 Å². The van der Waals surface area contributed by atoms with Crippen LogP contribution in [0.2, 0.25) is 5.02 Å². The smallest absolute Gasteiger partial charge is 0.256 e. The molecule has 0 aliphatic heterocycles. The van der Waals surface area contributed by atoms with Crippen molar-refractivity contribution < 1.29 is 17.6 Å². The van der Waals surface area contributed by atoms with E-state index in [-0.39, 0.29) is 28.0 Å². The molecule has 2 rings (SSSR count). The summed E-state index contributed by atoms with van der Waals surface area (Å²) in [6, 6.07) is 6.65. The molecule has 0 aliphatic carbocycles. The van der Waals surface area contributed by atoms with Crippen LogP contribution in [0.25, 0.3) is 0 Å². The summed E-state index contributed by atoms with van der Waals surface area (Å²) < 4.78 is 28.7. The predicted octanol–water partition coefficient (Wildman–Crippen LogP) is 2.69. The van der Waals surface area contributed by atoms with Crippen LogP contribution < -0.4 is 10.5 Å². The molecule has 1 amide bonds. The first-order chi connectivity index (χ1) is 10.6. The normalized spacial score (nSPS) is 12.9. The third kappa shape index (κ3) is 3.74. The monoisotopic (exact) mass is 356 g/mol. The Labute approximate surface area is 139 Å². The molecule has 6 nitrogen and oxygen atoms in total. The van der Waals surface area contributed by atoms with E-state index in [0.717, 1.165) is 5.56 Å². The minimum Gasteiger partial charge on any atom is -0.464 e. The van der Waals surface area contributed by atoms with E-state index in [9.17, 15) is 13.2 Å². The van der Waals surface area contributed by atoms with Gasteiger partial charge in [-0.1, -0.05) is 23.7 Å². The van der Waals surface area contributed by atoms with Crippen molar-refractivity contribution in [1.82, 2.24) is 5.32 Å². The topological polar surface area (TPSA) is 102 Å². The van der Waals surface area contributed by atoms with E-state index in [1.165, 1.54) is 13.8 Å². The molecular formula is C15H17ClN2O4S. The summed E-state index contributed by atoms with van der Waals surface area (Å²) in [5, 5.41) is 8.46. The zero-order valence-electron chi connectivity index (χ0n) is 12.9. The van der Waals surface area contributed by atoms with Gasteiger partial charge in [-0.3, -0.25) is 4.79 Å². The van der Waals surface area contributed by atoms with Gasteiger partial charge in [0.1, 0.15) is 22.0 Å². The van der Waals surface area contributed by atoms with E-state index in [0.29, 0.717) is 5.02 Å². The fraction of sp³-hybridized carbons (Fsp3) is 0.267. The number of rotatable bonds is 4. The SMILES string of the molecule is Cc1oc(C)c(S(N)(=O)=O)c1C(=O)N[C@@H](C)c1cccc(Cl)c1. The third-order valence-electron chi connectivity index (χ3n) is 3.41. The Bertz CT molecular complexity index is 858. The van der Waals surface area contributed by atoms with Crippen LogP contribution in [0.3, 0.4) is 0 Å². The van der Waals surface area contributed by atoms with Crippen LogP contribution in [-0.4, -0.2) is 14.3 Å². The summed E-state index contributed by atoms with van der Waals surface area (Å²) in [4.78, 5) is 12.2. The summed E-state index contributed by atoms with van der Waals surface area (Å²) in [6.07, 6.45) is 0. The number of hydrogen-bond acceptors (Lipinski definition) is 4. The number of benzene rings is 1.